The Labute approximate surface area is 126 Å². The molecule has 2 fully saturated rings. The third-order valence-electron chi connectivity index (χ3n) is 4.49. The van der Waals surface area contributed by atoms with Crippen molar-refractivity contribution in [3.8, 4) is 0 Å². The molecule has 3 rings (SSSR count). The molecule has 0 heterocycles. The van der Waals surface area contributed by atoms with Crippen LogP contribution in [-0.2, 0) is 4.79 Å². The van der Waals surface area contributed by atoms with Gasteiger partial charge in [0, 0.05) is 6.04 Å². The van der Waals surface area contributed by atoms with E-state index in [0.717, 1.165) is 17.3 Å². The Hall–Kier alpha value is -0.580. The maximum Gasteiger partial charge on any atom is 0.229 e. The zero-order valence-electron chi connectivity index (χ0n) is 10.4. The molecule has 3 nitrogen and oxygen atoms in total. The molecule has 4 atom stereocenters. The lowest BCUT2D eigenvalue weighted by molar-refractivity contribution is -0.121. The molecule has 0 spiro atoms. The van der Waals surface area contributed by atoms with Crippen LogP contribution in [0.4, 0.5) is 5.69 Å². The van der Waals surface area contributed by atoms with Gasteiger partial charge < -0.3 is 11.1 Å². The molecule has 2 saturated carbocycles. The van der Waals surface area contributed by atoms with Gasteiger partial charge in [-0.3, -0.25) is 4.79 Å². The molecule has 2 aliphatic rings. The van der Waals surface area contributed by atoms with Crippen LogP contribution in [0.25, 0.3) is 0 Å². The van der Waals surface area contributed by atoms with Crippen molar-refractivity contribution in [3.63, 3.8) is 0 Å². The summed E-state index contributed by atoms with van der Waals surface area (Å²) in [7, 11) is 0. The second-order valence-corrected chi connectivity index (χ2v) is 6.73. The predicted octanol–water partition coefficient (Wildman–Crippen LogP) is 3.41. The fourth-order valence-electron chi connectivity index (χ4n) is 3.54. The number of halogens is 2. The lowest BCUT2D eigenvalue weighted by Gasteiger charge is -2.27. The normalized spacial score (nSPS) is 32.6. The first-order valence-corrected chi connectivity index (χ1v) is 7.75. The van der Waals surface area contributed by atoms with Crippen LogP contribution in [0, 0.1) is 17.8 Å². The number of nitrogens with two attached hydrogens (primary N) is 1. The van der Waals surface area contributed by atoms with E-state index >= 15 is 0 Å². The number of rotatable bonds is 2. The fraction of sp³-hybridized carbons (Fsp3) is 0.500. The minimum atomic E-state index is -0.0513. The van der Waals surface area contributed by atoms with Gasteiger partial charge >= 0.3 is 0 Å². The van der Waals surface area contributed by atoms with Crippen LogP contribution in [-0.4, -0.2) is 11.9 Å². The molecule has 3 N–H and O–H groups in total. The molecule has 0 aliphatic heterocycles. The zero-order valence-corrected chi connectivity index (χ0v) is 12.7. The first-order valence-electron chi connectivity index (χ1n) is 6.58. The topological polar surface area (TPSA) is 55.1 Å². The Balaban J connectivity index is 1.77. The van der Waals surface area contributed by atoms with Gasteiger partial charge in [0.1, 0.15) is 0 Å². The van der Waals surface area contributed by atoms with Crippen LogP contribution in [0.3, 0.4) is 0 Å². The molecular weight excluding hydrogens is 328 g/mol. The molecule has 2 bridgehead atoms. The van der Waals surface area contributed by atoms with Crippen molar-refractivity contribution in [2.45, 2.75) is 25.3 Å². The molecule has 1 amide bonds. The van der Waals surface area contributed by atoms with E-state index in [4.69, 9.17) is 17.3 Å². The standard InChI is InChI=1S/C14H16BrClN2O/c15-12-9(16)2-1-3-10(12)18-14(19)11-7-4-5-8(6-7)13(11)17/h1-3,7-8,11,13H,4-6,17H2,(H,18,19). The third-order valence-corrected chi connectivity index (χ3v) is 5.89. The number of hydrogen-bond donors (Lipinski definition) is 2. The van der Waals surface area contributed by atoms with Crippen molar-refractivity contribution >= 4 is 39.1 Å². The fourth-order valence-corrected chi connectivity index (χ4v) is 4.08. The average Bonchev–Trinajstić information content (AvgIpc) is 2.95. The maximum atomic E-state index is 12.4. The van der Waals surface area contributed by atoms with E-state index in [2.05, 4.69) is 21.2 Å². The summed E-state index contributed by atoms with van der Waals surface area (Å²) in [6.45, 7) is 0. The number of nitrogens with one attached hydrogen (secondary N) is 1. The van der Waals surface area contributed by atoms with Crippen LogP contribution in [0.1, 0.15) is 19.3 Å². The van der Waals surface area contributed by atoms with Gasteiger partial charge in [0.05, 0.1) is 21.1 Å². The SMILES string of the molecule is NC1C2CCC(C2)C1C(=O)Nc1cccc(Cl)c1Br. The van der Waals surface area contributed by atoms with Crippen LogP contribution in [0.5, 0.6) is 0 Å². The lowest BCUT2D eigenvalue weighted by atomic mass is 9.84. The zero-order chi connectivity index (χ0) is 13.6. The Kier molecular flexibility index (Phi) is 3.58. The molecule has 2 aliphatic carbocycles. The Morgan fingerprint density at radius 2 is 2.11 bits per heavy atom. The van der Waals surface area contributed by atoms with Gasteiger partial charge in [0.15, 0.2) is 0 Å². The smallest absolute Gasteiger partial charge is 0.229 e. The van der Waals surface area contributed by atoms with Gasteiger partial charge in [0.2, 0.25) is 5.91 Å². The molecule has 0 saturated heterocycles. The molecular formula is C14H16BrClN2O. The van der Waals surface area contributed by atoms with Gasteiger partial charge in [-0.2, -0.15) is 0 Å². The van der Waals surface area contributed by atoms with Crippen molar-refractivity contribution in [3.05, 3.63) is 27.7 Å². The van der Waals surface area contributed by atoms with Crippen molar-refractivity contribution < 1.29 is 4.79 Å². The minimum Gasteiger partial charge on any atom is -0.327 e. The second-order valence-electron chi connectivity index (χ2n) is 5.53. The van der Waals surface area contributed by atoms with Crippen LogP contribution >= 0.6 is 27.5 Å². The second kappa shape index (κ2) is 5.08. The Morgan fingerprint density at radius 3 is 2.79 bits per heavy atom. The highest BCUT2D eigenvalue weighted by atomic mass is 79.9. The molecule has 102 valence electrons. The lowest BCUT2D eigenvalue weighted by Crippen LogP contribution is -2.42. The van der Waals surface area contributed by atoms with Gasteiger partial charge in [0.25, 0.3) is 0 Å². The summed E-state index contributed by atoms with van der Waals surface area (Å²) < 4.78 is 0.724. The maximum absolute atomic E-state index is 12.4. The summed E-state index contributed by atoms with van der Waals surface area (Å²) in [6, 6.07) is 5.46. The highest BCUT2D eigenvalue weighted by molar-refractivity contribution is 9.10. The first-order chi connectivity index (χ1) is 9.08. The Bertz CT molecular complexity index is 520. The molecule has 1 aromatic carbocycles. The van der Waals surface area contributed by atoms with E-state index in [9.17, 15) is 4.79 Å². The van der Waals surface area contributed by atoms with Gasteiger partial charge in [-0.1, -0.05) is 17.7 Å². The number of hydrogen-bond acceptors (Lipinski definition) is 2. The van der Waals surface area contributed by atoms with Crippen molar-refractivity contribution in [2.75, 3.05) is 5.32 Å². The molecule has 4 unspecified atom stereocenters. The highest BCUT2D eigenvalue weighted by Gasteiger charge is 2.49. The highest BCUT2D eigenvalue weighted by Crippen LogP contribution is 2.48. The monoisotopic (exact) mass is 342 g/mol. The molecule has 0 radical (unpaired) electrons. The van der Waals surface area contributed by atoms with Crippen LogP contribution in [0.15, 0.2) is 22.7 Å². The Morgan fingerprint density at radius 1 is 1.37 bits per heavy atom. The quantitative estimate of drug-likeness (QED) is 0.864. The molecule has 1 aromatic rings. The number of amides is 1. The van der Waals surface area contributed by atoms with E-state index in [1.807, 2.05) is 12.1 Å². The summed E-state index contributed by atoms with van der Waals surface area (Å²) >= 11 is 9.42. The number of anilines is 1. The van der Waals surface area contributed by atoms with Gasteiger partial charge in [-0.05, 0) is 59.2 Å². The number of carbonyl (C=O) groups excluding carboxylic acids is 1. The summed E-state index contributed by atoms with van der Waals surface area (Å²) in [4.78, 5) is 12.4. The van der Waals surface area contributed by atoms with Crippen LogP contribution in [0.2, 0.25) is 5.02 Å². The number of benzene rings is 1. The van der Waals surface area contributed by atoms with Crippen LogP contribution < -0.4 is 11.1 Å². The molecule has 5 heteroatoms. The van der Waals surface area contributed by atoms with E-state index in [-0.39, 0.29) is 17.9 Å². The van der Waals surface area contributed by atoms with Crippen molar-refractivity contribution in [1.29, 1.82) is 0 Å². The van der Waals surface area contributed by atoms with Gasteiger partial charge in [-0.25, -0.2) is 0 Å². The van der Waals surface area contributed by atoms with Crippen molar-refractivity contribution in [2.24, 2.45) is 23.5 Å². The summed E-state index contributed by atoms with van der Waals surface area (Å²) in [6.07, 6.45) is 3.42. The van der Waals surface area contributed by atoms with E-state index in [0.29, 0.717) is 22.5 Å². The largest absolute Gasteiger partial charge is 0.327 e. The minimum absolute atomic E-state index is 0.0108. The molecule has 0 aromatic heterocycles. The number of fused-ring (bicyclic) bond motifs is 2. The first kappa shape index (κ1) is 13.4. The third kappa shape index (κ3) is 2.30. The van der Waals surface area contributed by atoms with Gasteiger partial charge in [-0.15, -0.1) is 0 Å². The summed E-state index contributed by atoms with van der Waals surface area (Å²) in [5, 5.41) is 3.55. The number of carbonyl (C=O) groups is 1. The summed E-state index contributed by atoms with van der Waals surface area (Å²) in [5.74, 6) is 0.966. The van der Waals surface area contributed by atoms with E-state index in [1.54, 1.807) is 6.07 Å². The summed E-state index contributed by atoms with van der Waals surface area (Å²) in [5.41, 5.74) is 6.90. The van der Waals surface area contributed by atoms with Crippen molar-refractivity contribution in [1.82, 2.24) is 0 Å². The predicted molar refractivity (Wildman–Crippen MR) is 80.1 cm³/mol. The van der Waals surface area contributed by atoms with E-state index in [1.165, 1.54) is 6.42 Å². The molecule has 19 heavy (non-hydrogen) atoms. The van der Waals surface area contributed by atoms with E-state index < -0.39 is 0 Å². The average molecular weight is 344 g/mol.